The number of carbonyl (C=O) groups is 1. The summed E-state index contributed by atoms with van der Waals surface area (Å²) in [6, 6.07) is 8.25. The minimum Gasteiger partial charge on any atom is -0.495 e. The predicted molar refractivity (Wildman–Crippen MR) is 104 cm³/mol. The van der Waals surface area contributed by atoms with Gasteiger partial charge in [-0.1, -0.05) is 18.2 Å². The second-order valence-corrected chi connectivity index (χ2v) is 7.76. The Balaban J connectivity index is 1.37. The van der Waals surface area contributed by atoms with E-state index in [0.717, 1.165) is 54.1 Å². The first-order chi connectivity index (χ1) is 12.7. The molecule has 1 amide bonds. The number of rotatable bonds is 6. The average Bonchev–Trinajstić information content (AvgIpc) is 3.32. The van der Waals surface area contributed by atoms with Crippen molar-refractivity contribution in [2.75, 3.05) is 13.7 Å². The third kappa shape index (κ3) is 2.98. The van der Waals surface area contributed by atoms with Crippen LogP contribution in [0.3, 0.4) is 0 Å². The largest absolute Gasteiger partial charge is 0.495 e. The molecule has 4 rings (SSSR count). The summed E-state index contributed by atoms with van der Waals surface area (Å²) in [5.74, 6) is 0.761. The molecule has 0 aliphatic heterocycles. The smallest absolute Gasteiger partial charge is 0.265 e. The summed E-state index contributed by atoms with van der Waals surface area (Å²) < 4.78 is 7.54. The lowest BCUT2D eigenvalue weighted by Gasteiger charge is -2.07. The molecule has 0 saturated heterocycles. The molecule has 26 heavy (non-hydrogen) atoms. The molecule has 2 aromatic heterocycles. The van der Waals surface area contributed by atoms with Crippen LogP contribution in [0.4, 0.5) is 0 Å². The van der Waals surface area contributed by atoms with Gasteiger partial charge >= 0.3 is 0 Å². The number of amides is 1. The summed E-state index contributed by atoms with van der Waals surface area (Å²) in [7, 11) is 1.66. The van der Waals surface area contributed by atoms with Crippen molar-refractivity contribution in [3.8, 4) is 5.75 Å². The van der Waals surface area contributed by atoms with Crippen LogP contribution >= 0.6 is 11.3 Å². The highest BCUT2D eigenvalue weighted by atomic mass is 32.1. The van der Waals surface area contributed by atoms with E-state index in [1.165, 1.54) is 15.8 Å². The first kappa shape index (κ1) is 17.1. The second kappa shape index (κ2) is 7.11. The number of hydrogen-bond acceptors (Lipinski definition) is 4. The van der Waals surface area contributed by atoms with E-state index in [2.05, 4.69) is 22.5 Å². The van der Waals surface area contributed by atoms with Crippen molar-refractivity contribution in [2.45, 2.75) is 39.2 Å². The zero-order valence-corrected chi connectivity index (χ0v) is 16.0. The number of para-hydroxylation sites is 1. The van der Waals surface area contributed by atoms with Gasteiger partial charge in [0.2, 0.25) is 0 Å². The number of thiophene rings is 1. The van der Waals surface area contributed by atoms with Crippen molar-refractivity contribution in [2.24, 2.45) is 0 Å². The molecule has 136 valence electrons. The topological polar surface area (TPSA) is 56.1 Å². The molecule has 0 fully saturated rings. The lowest BCUT2D eigenvalue weighted by molar-refractivity contribution is 0.0954. The van der Waals surface area contributed by atoms with Crippen molar-refractivity contribution in [1.82, 2.24) is 15.1 Å². The fourth-order valence-corrected chi connectivity index (χ4v) is 4.99. The van der Waals surface area contributed by atoms with Crippen LogP contribution in [0.2, 0.25) is 0 Å². The molecule has 1 aromatic carbocycles. The summed E-state index contributed by atoms with van der Waals surface area (Å²) in [4.78, 5) is 14.6. The van der Waals surface area contributed by atoms with E-state index in [0.29, 0.717) is 6.54 Å². The highest BCUT2D eigenvalue weighted by Gasteiger charge is 2.26. The molecular formula is C20H23N3O2S. The van der Waals surface area contributed by atoms with Crippen LogP contribution in [-0.2, 0) is 19.4 Å². The van der Waals surface area contributed by atoms with Crippen LogP contribution in [0.1, 0.15) is 38.6 Å². The maximum absolute atomic E-state index is 12.6. The number of benzene rings is 1. The van der Waals surface area contributed by atoms with E-state index >= 15 is 0 Å². The third-order valence-electron chi connectivity index (χ3n) is 4.96. The standard InChI is InChI=1S/C20H23N3O2S/c1-13-14-7-3-4-9-16(14)23(22-13)12-6-11-21-20(24)19-18(25-2)15-8-5-10-17(15)26-19/h3-4,7,9H,5-6,8,10-12H2,1-2H3,(H,21,24). The van der Waals surface area contributed by atoms with Gasteiger partial charge in [0.15, 0.2) is 0 Å². The Hall–Kier alpha value is -2.34. The van der Waals surface area contributed by atoms with E-state index in [1.807, 2.05) is 23.7 Å². The summed E-state index contributed by atoms with van der Waals surface area (Å²) >= 11 is 1.59. The molecule has 6 heteroatoms. The Labute approximate surface area is 157 Å². The van der Waals surface area contributed by atoms with Crippen LogP contribution in [0, 0.1) is 6.92 Å². The first-order valence-electron chi connectivity index (χ1n) is 9.08. The lowest BCUT2D eigenvalue weighted by atomic mass is 10.2. The van der Waals surface area contributed by atoms with Gasteiger partial charge in [0.25, 0.3) is 5.91 Å². The van der Waals surface area contributed by atoms with Crippen molar-refractivity contribution < 1.29 is 9.53 Å². The summed E-state index contributed by atoms with van der Waals surface area (Å²) in [5, 5.41) is 8.84. The molecule has 1 aliphatic rings. The number of aryl methyl sites for hydroxylation is 3. The Bertz CT molecular complexity index is 958. The second-order valence-electron chi connectivity index (χ2n) is 6.65. The molecule has 2 heterocycles. The van der Waals surface area contributed by atoms with Gasteiger partial charge in [-0.25, -0.2) is 0 Å². The van der Waals surface area contributed by atoms with E-state index < -0.39 is 0 Å². The fraction of sp³-hybridized carbons (Fsp3) is 0.400. The number of carbonyl (C=O) groups excluding carboxylic acids is 1. The van der Waals surface area contributed by atoms with Gasteiger partial charge in [0.05, 0.1) is 18.3 Å². The van der Waals surface area contributed by atoms with Gasteiger partial charge in [0.1, 0.15) is 10.6 Å². The van der Waals surface area contributed by atoms with Crippen molar-refractivity contribution >= 4 is 28.1 Å². The Morgan fingerprint density at radius 1 is 1.35 bits per heavy atom. The van der Waals surface area contributed by atoms with Gasteiger partial charge in [-0.15, -0.1) is 11.3 Å². The Morgan fingerprint density at radius 2 is 2.19 bits per heavy atom. The van der Waals surface area contributed by atoms with Crippen molar-refractivity contribution in [3.63, 3.8) is 0 Å². The molecule has 3 aromatic rings. The molecule has 0 unspecified atom stereocenters. The van der Waals surface area contributed by atoms with Crippen LogP contribution in [0.5, 0.6) is 5.75 Å². The van der Waals surface area contributed by atoms with Gasteiger partial charge in [-0.3, -0.25) is 9.48 Å². The number of hydrogen-bond donors (Lipinski definition) is 1. The van der Waals surface area contributed by atoms with E-state index in [4.69, 9.17) is 4.74 Å². The third-order valence-corrected chi connectivity index (χ3v) is 6.23. The number of nitrogens with zero attached hydrogens (tertiary/aromatic N) is 2. The number of methoxy groups -OCH3 is 1. The Morgan fingerprint density at radius 3 is 3.04 bits per heavy atom. The summed E-state index contributed by atoms with van der Waals surface area (Å²) in [6.07, 6.45) is 4.09. The van der Waals surface area contributed by atoms with Gasteiger partial charge < -0.3 is 10.1 Å². The molecule has 0 radical (unpaired) electrons. The molecular weight excluding hydrogens is 346 g/mol. The molecule has 1 aliphatic carbocycles. The maximum atomic E-state index is 12.6. The quantitative estimate of drug-likeness (QED) is 0.674. The van der Waals surface area contributed by atoms with E-state index in [1.54, 1.807) is 18.4 Å². The van der Waals surface area contributed by atoms with Crippen LogP contribution in [0.15, 0.2) is 24.3 Å². The van der Waals surface area contributed by atoms with Gasteiger partial charge in [-0.2, -0.15) is 5.10 Å². The SMILES string of the molecule is COc1c(C(=O)NCCCn2nc(C)c3ccccc32)sc2c1CCC2. The molecule has 0 atom stereocenters. The monoisotopic (exact) mass is 369 g/mol. The molecule has 0 saturated carbocycles. The summed E-state index contributed by atoms with van der Waals surface area (Å²) in [6.45, 7) is 3.44. The van der Waals surface area contributed by atoms with Crippen molar-refractivity contribution in [1.29, 1.82) is 0 Å². The molecule has 1 N–H and O–H groups in total. The van der Waals surface area contributed by atoms with Gasteiger partial charge in [0, 0.05) is 28.9 Å². The van der Waals surface area contributed by atoms with Crippen LogP contribution in [0.25, 0.3) is 10.9 Å². The van der Waals surface area contributed by atoms with Gasteiger partial charge in [-0.05, 0) is 38.7 Å². The minimum atomic E-state index is -0.0252. The van der Waals surface area contributed by atoms with E-state index in [9.17, 15) is 4.79 Å². The Kier molecular flexibility index (Phi) is 4.68. The maximum Gasteiger partial charge on any atom is 0.265 e. The number of ether oxygens (including phenoxy) is 1. The molecule has 5 nitrogen and oxygen atoms in total. The predicted octanol–water partition coefficient (Wildman–Crippen LogP) is 3.72. The van der Waals surface area contributed by atoms with Crippen LogP contribution in [-0.4, -0.2) is 29.3 Å². The molecule has 0 bridgehead atoms. The zero-order valence-electron chi connectivity index (χ0n) is 15.2. The van der Waals surface area contributed by atoms with E-state index in [-0.39, 0.29) is 5.91 Å². The molecule has 0 spiro atoms. The normalized spacial score (nSPS) is 13.2. The average molecular weight is 369 g/mol. The number of nitrogens with one attached hydrogen (secondary N) is 1. The van der Waals surface area contributed by atoms with Crippen molar-refractivity contribution in [3.05, 3.63) is 45.3 Å². The number of fused-ring (bicyclic) bond motifs is 2. The minimum absolute atomic E-state index is 0.0252. The summed E-state index contributed by atoms with van der Waals surface area (Å²) in [5.41, 5.74) is 3.43. The van der Waals surface area contributed by atoms with Crippen LogP contribution < -0.4 is 10.1 Å². The number of aromatic nitrogens is 2. The highest BCUT2D eigenvalue weighted by molar-refractivity contribution is 7.14. The fourth-order valence-electron chi connectivity index (χ4n) is 3.72. The highest BCUT2D eigenvalue weighted by Crippen LogP contribution is 2.40. The lowest BCUT2D eigenvalue weighted by Crippen LogP contribution is -2.25. The first-order valence-corrected chi connectivity index (χ1v) is 9.89. The zero-order chi connectivity index (χ0) is 18.1.